The second-order valence-electron chi connectivity index (χ2n) is 6.62. The molecule has 0 aromatic carbocycles. The van der Waals surface area contributed by atoms with Gasteiger partial charge in [0.2, 0.25) is 11.8 Å². The lowest BCUT2D eigenvalue weighted by Crippen LogP contribution is -2.33. The third kappa shape index (κ3) is 3.61. The molecule has 2 heterocycles. The Kier molecular flexibility index (Phi) is 5.51. The molecule has 6 nitrogen and oxygen atoms in total. The van der Waals surface area contributed by atoms with Crippen molar-refractivity contribution in [1.29, 1.82) is 0 Å². The number of carbonyl (C=O) groups is 2. The van der Waals surface area contributed by atoms with E-state index in [9.17, 15) is 9.59 Å². The van der Waals surface area contributed by atoms with E-state index in [2.05, 4.69) is 10.3 Å². The fourth-order valence-corrected chi connectivity index (χ4v) is 3.81. The number of thioether (sulfide) groups is 1. The highest BCUT2D eigenvalue weighted by atomic mass is 32.2. The van der Waals surface area contributed by atoms with Crippen LogP contribution < -0.4 is 10.1 Å². The van der Waals surface area contributed by atoms with Gasteiger partial charge in [0.1, 0.15) is 0 Å². The number of nitrogens with zero attached hydrogens (tertiary/aromatic N) is 2. The molecule has 25 heavy (non-hydrogen) atoms. The van der Waals surface area contributed by atoms with Crippen LogP contribution in [-0.2, 0) is 17.9 Å². The van der Waals surface area contributed by atoms with E-state index in [0.29, 0.717) is 30.6 Å². The molecule has 1 aromatic heterocycles. The lowest BCUT2D eigenvalue weighted by molar-refractivity contribution is -0.120. The molecule has 2 amide bonds. The molecule has 0 bridgehead atoms. The minimum atomic E-state index is -0.118. The van der Waals surface area contributed by atoms with Crippen LogP contribution in [0.25, 0.3) is 0 Å². The van der Waals surface area contributed by atoms with Gasteiger partial charge in [-0.3, -0.25) is 9.59 Å². The Morgan fingerprint density at radius 1 is 1.48 bits per heavy atom. The monoisotopic (exact) mass is 363 g/mol. The Hall–Kier alpha value is -1.76. The molecule has 0 unspecified atom stereocenters. The second-order valence-corrected chi connectivity index (χ2v) is 7.80. The number of hydrogen-bond donors (Lipinski definition) is 1. The first kappa shape index (κ1) is 18.0. The third-order valence-corrected chi connectivity index (χ3v) is 6.01. The Morgan fingerprint density at radius 2 is 2.20 bits per heavy atom. The normalized spacial score (nSPS) is 18.4. The summed E-state index contributed by atoms with van der Waals surface area (Å²) in [7, 11) is 1.57. The molecular weight excluding hydrogens is 338 g/mol. The van der Waals surface area contributed by atoms with Crippen molar-refractivity contribution in [2.45, 2.75) is 57.0 Å². The quantitative estimate of drug-likeness (QED) is 0.840. The van der Waals surface area contributed by atoms with Gasteiger partial charge in [-0.1, -0.05) is 12.8 Å². The number of pyridine rings is 1. The van der Waals surface area contributed by atoms with Crippen LogP contribution in [-0.4, -0.2) is 46.4 Å². The number of amides is 2. The van der Waals surface area contributed by atoms with E-state index in [0.717, 1.165) is 24.1 Å². The molecule has 3 rings (SSSR count). The van der Waals surface area contributed by atoms with Crippen molar-refractivity contribution in [2.24, 2.45) is 0 Å². The van der Waals surface area contributed by atoms with Crippen LogP contribution >= 0.6 is 11.8 Å². The Labute approximate surface area is 152 Å². The minimum Gasteiger partial charge on any atom is -0.481 e. The molecule has 1 atom stereocenters. The number of ether oxygens (including phenoxy) is 1. The molecular formula is C18H25N3O3S. The van der Waals surface area contributed by atoms with Crippen molar-refractivity contribution in [3.8, 4) is 5.88 Å². The average Bonchev–Trinajstić information content (AvgIpc) is 3.26. The van der Waals surface area contributed by atoms with Crippen LogP contribution in [0.4, 0.5) is 0 Å². The number of hydrogen-bond acceptors (Lipinski definition) is 5. The lowest BCUT2D eigenvalue weighted by atomic mass is 10.1. The van der Waals surface area contributed by atoms with Crippen LogP contribution in [0.1, 0.15) is 54.2 Å². The predicted molar refractivity (Wildman–Crippen MR) is 97.7 cm³/mol. The summed E-state index contributed by atoms with van der Waals surface area (Å²) in [6.07, 6.45) is 6.43. The standard InChI is InChI=1S/C18H25N3O3S/c1-11(25-3)16(22)19-9-12-8-14-15(20-17(12)24-2)10-21(18(14)23)13-6-4-5-7-13/h8,11,13H,4-7,9-10H2,1-3H3,(H,19,22)/t11-/m1/s1. The summed E-state index contributed by atoms with van der Waals surface area (Å²) in [6, 6.07) is 2.17. The highest BCUT2D eigenvalue weighted by Gasteiger charge is 2.35. The zero-order valence-electron chi connectivity index (χ0n) is 15.0. The number of nitrogens with one attached hydrogen (secondary N) is 1. The van der Waals surface area contributed by atoms with E-state index in [1.807, 2.05) is 24.1 Å². The van der Waals surface area contributed by atoms with Gasteiger partial charge in [0.25, 0.3) is 5.91 Å². The number of fused-ring (bicyclic) bond motifs is 1. The zero-order valence-corrected chi connectivity index (χ0v) is 15.8. The number of carbonyl (C=O) groups excluding carboxylic acids is 2. The average molecular weight is 363 g/mol. The van der Waals surface area contributed by atoms with Crippen molar-refractivity contribution >= 4 is 23.6 Å². The van der Waals surface area contributed by atoms with Crippen molar-refractivity contribution < 1.29 is 14.3 Å². The first-order chi connectivity index (χ1) is 12.0. The van der Waals surface area contributed by atoms with Crippen molar-refractivity contribution in [1.82, 2.24) is 15.2 Å². The van der Waals surface area contributed by atoms with Gasteiger partial charge >= 0.3 is 0 Å². The maximum Gasteiger partial charge on any atom is 0.256 e. The fourth-order valence-electron chi connectivity index (χ4n) is 3.51. The molecule has 1 aliphatic heterocycles. The molecule has 1 fully saturated rings. The van der Waals surface area contributed by atoms with Crippen LogP contribution in [0, 0.1) is 0 Å². The molecule has 1 aromatic rings. The van der Waals surface area contributed by atoms with E-state index >= 15 is 0 Å². The molecule has 1 saturated carbocycles. The molecule has 136 valence electrons. The number of methoxy groups -OCH3 is 1. The molecule has 7 heteroatoms. The fraction of sp³-hybridized carbons (Fsp3) is 0.611. The molecule has 1 N–H and O–H groups in total. The van der Waals surface area contributed by atoms with Gasteiger partial charge in [-0.2, -0.15) is 11.8 Å². The minimum absolute atomic E-state index is 0.0334. The SMILES string of the molecule is COc1nc2c(cc1CNC(=O)[C@@H](C)SC)C(=O)N(C1CCCC1)C2. The smallest absolute Gasteiger partial charge is 0.256 e. The second kappa shape index (κ2) is 7.64. The van der Waals surface area contributed by atoms with Gasteiger partial charge in [-0.05, 0) is 32.1 Å². The van der Waals surface area contributed by atoms with Crippen LogP contribution in [0.15, 0.2) is 6.07 Å². The van der Waals surface area contributed by atoms with Crippen molar-refractivity contribution in [3.63, 3.8) is 0 Å². The van der Waals surface area contributed by atoms with Crippen molar-refractivity contribution in [3.05, 3.63) is 22.9 Å². The highest BCUT2D eigenvalue weighted by Crippen LogP contribution is 2.33. The summed E-state index contributed by atoms with van der Waals surface area (Å²) >= 11 is 1.49. The van der Waals surface area contributed by atoms with E-state index in [4.69, 9.17) is 4.74 Å². The van der Waals surface area contributed by atoms with Gasteiger partial charge < -0.3 is 15.0 Å². The van der Waals surface area contributed by atoms with Gasteiger partial charge in [-0.15, -0.1) is 0 Å². The molecule has 1 aliphatic carbocycles. The molecule has 0 saturated heterocycles. The van der Waals surface area contributed by atoms with Gasteiger partial charge in [0, 0.05) is 18.2 Å². The third-order valence-electron chi connectivity index (χ3n) is 5.09. The Balaban J connectivity index is 1.78. The predicted octanol–water partition coefficient (Wildman–Crippen LogP) is 2.36. The largest absolute Gasteiger partial charge is 0.481 e. The van der Waals surface area contributed by atoms with E-state index in [-0.39, 0.29) is 17.1 Å². The number of rotatable bonds is 6. The summed E-state index contributed by atoms with van der Waals surface area (Å²) in [5.41, 5.74) is 2.17. The van der Waals surface area contributed by atoms with Gasteiger partial charge in [0.15, 0.2) is 0 Å². The summed E-state index contributed by atoms with van der Waals surface area (Å²) in [4.78, 5) is 31.3. The summed E-state index contributed by atoms with van der Waals surface area (Å²) in [6.45, 7) is 2.73. The maximum absolute atomic E-state index is 12.8. The summed E-state index contributed by atoms with van der Waals surface area (Å²) < 4.78 is 5.39. The Morgan fingerprint density at radius 3 is 2.84 bits per heavy atom. The zero-order chi connectivity index (χ0) is 18.0. The van der Waals surface area contributed by atoms with E-state index in [1.54, 1.807) is 7.11 Å². The van der Waals surface area contributed by atoms with Gasteiger partial charge in [0.05, 0.1) is 30.2 Å². The number of aromatic nitrogens is 1. The summed E-state index contributed by atoms with van der Waals surface area (Å²) in [5, 5.41) is 2.77. The molecule has 0 spiro atoms. The topological polar surface area (TPSA) is 71.5 Å². The van der Waals surface area contributed by atoms with E-state index in [1.165, 1.54) is 24.6 Å². The van der Waals surface area contributed by atoms with Crippen LogP contribution in [0.3, 0.4) is 0 Å². The maximum atomic E-state index is 12.8. The van der Waals surface area contributed by atoms with Crippen molar-refractivity contribution in [2.75, 3.05) is 13.4 Å². The van der Waals surface area contributed by atoms with E-state index < -0.39 is 0 Å². The van der Waals surface area contributed by atoms with Gasteiger partial charge in [-0.25, -0.2) is 4.98 Å². The first-order valence-corrected chi connectivity index (χ1v) is 10.0. The molecule has 0 radical (unpaired) electrons. The van der Waals surface area contributed by atoms with Crippen LogP contribution in [0.2, 0.25) is 0 Å². The van der Waals surface area contributed by atoms with Crippen LogP contribution in [0.5, 0.6) is 5.88 Å². The lowest BCUT2D eigenvalue weighted by Gasteiger charge is -2.22. The Bertz CT molecular complexity index is 674. The first-order valence-electron chi connectivity index (χ1n) is 8.73. The molecule has 2 aliphatic rings. The summed E-state index contributed by atoms with van der Waals surface area (Å²) in [5.74, 6) is 0.507. The highest BCUT2D eigenvalue weighted by molar-refractivity contribution is 7.99.